The molecule has 6 nitrogen and oxygen atoms in total. The molecule has 0 N–H and O–H groups in total. The molecule has 24 heavy (non-hydrogen) atoms. The molecule has 0 radical (unpaired) electrons. The Morgan fingerprint density at radius 3 is 2.33 bits per heavy atom. The number of sulfonamides is 1. The fourth-order valence-electron chi connectivity index (χ4n) is 3.05. The number of aromatic nitrogens is 1. The monoisotopic (exact) mass is 369 g/mol. The van der Waals surface area contributed by atoms with Gasteiger partial charge in [-0.05, 0) is 44.2 Å². The average molecular weight is 370 g/mol. The number of amides is 1. The predicted octanol–water partition coefficient (Wildman–Crippen LogP) is 1.97. The summed E-state index contributed by atoms with van der Waals surface area (Å²) in [7, 11) is -3.42. The van der Waals surface area contributed by atoms with Crippen molar-refractivity contribution in [2.45, 2.75) is 42.0 Å². The zero-order valence-corrected chi connectivity index (χ0v) is 15.3. The molecule has 0 bridgehead atoms. The van der Waals surface area contributed by atoms with Gasteiger partial charge in [-0.25, -0.2) is 13.4 Å². The summed E-state index contributed by atoms with van der Waals surface area (Å²) in [5.41, 5.74) is 0. The Hall–Kier alpha value is -1.12. The molecule has 0 spiro atoms. The summed E-state index contributed by atoms with van der Waals surface area (Å²) in [6.07, 6.45) is 6.60. The lowest BCUT2D eigenvalue weighted by molar-refractivity contribution is -0.129. The maximum atomic E-state index is 12.4. The van der Waals surface area contributed by atoms with E-state index in [0.29, 0.717) is 23.9 Å². The summed E-state index contributed by atoms with van der Waals surface area (Å²) >= 11 is 1.36. The lowest BCUT2D eigenvalue weighted by Gasteiger charge is -2.26. The van der Waals surface area contributed by atoms with Crippen molar-refractivity contribution in [2.75, 3.05) is 31.9 Å². The first-order chi connectivity index (χ1) is 11.6. The van der Waals surface area contributed by atoms with Crippen LogP contribution < -0.4 is 0 Å². The minimum absolute atomic E-state index is 0.135. The Balaban J connectivity index is 1.57. The third-order valence-electron chi connectivity index (χ3n) is 4.46. The van der Waals surface area contributed by atoms with Crippen LogP contribution in [0.4, 0.5) is 0 Å². The molecule has 2 fully saturated rings. The van der Waals surface area contributed by atoms with Crippen molar-refractivity contribution in [3.63, 3.8) is 0 Å². The molecule has 1 aromatic rings. The molecule has 0 atom stereocenters. The zero-order chi connectivity index (χ0) is 17.0. The standard InChI is InChI=1S/C16H23N3O3S2/c20-16(18-8-2-1-3-9-18)13-23-15-7-6-14(12-17-15)24(21,22)19-10-4-5-11-19/h6-7,12H,1-5,8-11,13H2. The number of rotatable bonds is 5. The first kappa shape index (κ1) is 17.7. The van der Waals surface area contributed by atoms with Gasteiger partial charge < -0.3 is 4.90 Å². The van der Waals surface area contributed by atoms with Crippen LogP contribution in [0.3, 0.4) is 0 Å². The van der Waals surface area contributed by atoms with Gasteiger partial charge in [-0.15, -0.1) is 0 Å². The van der Waals surface area contributed by atoms with E-state index in [4.69, 9.17) is 0 Å². The third-order valence-corrected chi connectivity index (χ3v) is 7.28. The van der Waals surface area contributed by atoms with Gasteiger partial charge in [0.1, 0.15) is 4.90 Å². The van der Waals surface area contributed by atoms with Crippen LogP contribution in [0, 0.1) is 0 Å². The molecule has 3 rings (SSSR count). The number of thioether (sulfide) groups is 1. The average Bonchev–Trinajstić information content (AvgIpc) is 3.16. The van der Waals surface area contributed by atoms with Crippen molar-refractivity contribution in [3.05, 3.63) is 18.3 Å². The van der Waals surface area contributed by atoms with Crippen LogP contribution in [0.2, 0.25) is 0 Å². The van der Waals surface area contributed by atoms with Crippen molar-refractivity contribution in [1.29, 1.82) is 0 Å². The van der Waals surface area contributed by atoms with Crippen molar-refractivity contribution in [3.8, 4) is 0 Å². The van der Waals surface area contributed by atoms with Crippen LogP contribution in [0.5, 0.6) is 0 Å². The molecule has 3 heterocycles. The number of likely N-dealkylation sites (tertiary alicyclic amines) is 1. The molecule has 2 aliphatic rings. The normalized spacial score (nSPS) is 19.6. The zero-order valence-electron chi connectivity index (χ0n) is 13.7. The predicted molar refractivity (Wildman–Crippen MR) is 93.4 cm³/mol. The first-order valence-electron chi connectivity index (χ1n) is 8.44. The molecule has 132 valence electrons. The highest BCUT2D eigenvalue weighted by Gasteiger charge is 2.27. The van der Waals surface area contributed by atoms with Gasteiger partial charge in [-0.2, -0.15) is 4.31 Å². The molecule has 0 unspecified atom stereocenters. The summed E-state index contributed by atoms with van der Waals surface area (Å²) in [4.78, 5) is 18.5. The minimum atomic E-state index is -3.42. The van der Waals surface area contributed by atoms with E-state index in [0.717, 1.165) is 38.8 Å². The van der Waals surface area contributed by atoms with Crippen LogP contribution in [0.1, 0.15) is 32.1 Å². The molecular formula is C16H23N3O3S2. The van der Waals surface area contributed by atoms with Gasteiger partial charge in [0.05, 0.1) is 10.8 Å². The molecule has 8 heteroatoms. The number of hydrogen-bond donors (Lipinski definition) is 0. The molecule has 0 aromatic carbocycles. The number of piperidine rings is 1. The van der Waals surface area contributed by atoms with E-state index in [1.807, 2.05) is 4.90 Å². The lowest BCUT2D eigenvalue weighted by atomic mass is 10.1. The summed E-state index contributed by atoms with van der Waals surface area (Å²) in [6, 6.07) is 3.28. The summed E-state index contributed by atoms with van der Waals surface area (Å²) < 4.78 is 26.4. The Bertz CT molecular complexity index is 664. The molecule has 1 aromatic heterocycles. The second-order valence-electron chi connectivity index (χ2n) is 6.17. The molecule has 2 aliphatic heterocycles. The topological polar surface area (TPSA) is 70.6 Å². The van der Waals surface area contributed by atoms with Crippen LogP contribution in [0.25, 0.3) is 0 Å². The van der Waals surface area contributed by atoms with Gasteiger partial charge in [0.25, 0.3) is 0 Å². The molecule has 1 amide bonds. The van der Waals surface area contributed by atoms with E-state index < -0.39 is 10.0 Å². The molecule has 2 saturated heterocycles. The molecular weight excluding hydrogens is 346 g/mol. The maximum absolute atomic E-state index is 12.4. The van der Waals surface area contributed by atoms with Gasteiger partial charge >= 0.3 is 0 Å². The van der Waals surface area contributed by atoms with Crippen LogP contribution in [-0.4, -0.2) is 60.4 Å². The number of carbonyl (C=O) groups is 1. The smallest absolute Gasteiger partial charge is 0.244 e. The fraction of sp³-hybridized carbons (Fsp3) is 0.625. The van der Waals surface area contributed by atoms with Crippen molar-refractivity contribution >= 4 is 27.7 Å². The second-order valence-corrected chi connectivity index (χ2v) is 9.11. The van der Waals surface area contributed by atoms with Gasteiger partial charge in [-0.3, -0.25) is 4.79 Å². The summed E-state index contributed by atoms with van der Waals surface area (Å²) in [5, 5.41) is 0.681. The summed E-state index contributed by atoms with van der Waals surface area (Å²) in [6.45, 7) is 2.87. The van der Waals surface area contributed by atoms with E-state index >= 15 is 0 Å². The van der Waals surface area contributed by atoms with Crippen LogP contribution in [0.15, 0.2) is 28.3 Å². The van der Waals surface area contributed by atoms with Gasteiger partial charge in [0.2, 0.25) is 15.9 Å². The lowest BCUT2D eigenvalue weighted by Crippen LogP contribution is -2.36. The highest BCUT2D eigenvalue weighted by molar-refractivity contribution is 7.99. The Morgan fingerprint density at radius 1 is 1.04 bits per heavy atom. The summed E-state index contributed by atoms with van der Waals surface area (Å²) in [5.74, 6) is 0.487. The van der Waals surface area contributed by atoms with Gasteiger partial charge in [0.15, 0.2) is 0 Å². The minimum Gasteiger partial charge on any atom is -0.342 e. The molecule has 0 aliphatic carbocycles. The first-order valence-corrected chi connectivity index (χ1v) is 10.9. The Labute approximate surface area is 147 Å². The maximum Gasteiger partial charge on any atom is 0.244 e. The van der Waals surface area contributed by atoms with Crippen molar-refractivity contribution in [2.24, 2.45) is 0 Å². The van der Waals surface area contributed by atoms with Crippen molar-refractivity contribution in [1.82, 2.24) is 14.2 Å². The van der Waals surface area contributed by atoms with E-state index in [1.165, 1.54) is 28.7 Å². The fourth-order valence-corrected chi connectivity index (χ4v) is 5.26. The van der Waals surface area contributed by atoms with Crippen molar-refractivity contribution < 1.29 is 13.2 Å². The van der Waals surface area contributed by atoms with Gasteiger partial charge in [-0.1, -0.05) is 11.8 Å². The van der Waals surface area contributed by atoms with E-state index in [2.05, 4.69) is 4.98 Å². The largest absolute Gasteiger partial charge is 0.342 e. The second kappa shape index (κ2) is 7.84. The van der Waals surface area contributed by atoms with E-state index in [9.17, 15) is 13.2 Å². The van der Waals surface area contributed by atoms with Crippen LogP contribution in [-0.2, 0) is 14.8 Å². The quantitative estimate of drug-likeness (QED) is 0.742. The number of nitrogens with zero attached hydrogens (tertiary/aromatic N) is 3. The molecule has 0 saturated carbocycles. The highest BCUT2D eigenvalue weighted by Crippen LogP contribution is 2.23. The number of hydrogen-bond acceptors (Lipinski definition) is 5. The van der Waals surface area contributed by atoms with Gasteiger partial charge in [0, 0.05) is 32.4 Å². The van der Waals surface area contributed by atoms with Crippen LogP contribution >= 0.6 is 11.8 Å². The van der Waals surface area contributed by atoms with E-state index in [-0.39, 0.29) is 10.8 Å². The third kappa shape index (κ3) is 4.10. The Morgan fingerprint density at radius 2 is 1.71 bits per heavy atom. The number of pyridine rings is 1. The number of carbonyl (C=O) groups excluding carboxylic acids is 1. The Kier molecular flexibility index (Phi) is 5.78. The van der Waals surface area contributed by atoms with E-state index in [1.54, 1.807) is 12.1 Å². The SMILES string of the molecule is O=C(CSc1ccc(S(=O)(=O)N2CCCC2)cn1)N1CCCCC1. The highest BCUT2D eigenvalue weighted by atomic mass is 32.2.